The summed E-state index contributed by atoms with van der Waals surface area (Å²) in [5.41, 5.74) is 4.63. The minimum Gasteiger partial charge on any atom is -0.497 e. The van der Waals surface area contributed by atoms with Crippen molar-refractivity contribution in [2.24, 2.45) is 10.1 Å². The second kappa shape index (κ2) is 10.1. The van der Waals surface area contributed by atoms with Crippen LogP contribution in [-0.4, -0.2) is 38.3 Å². The number of nitrogens with zero attached hydrogens (tertiary/aromatic N) is 3. The number of rotatable bonds is 8. The molecule has 0 amide bonds. The molecule has 0 bridgehead atoms. The topological polar surface area (TPSA) is 57.3 Å². The summed E-state index contributed by atoms with van der Waals surface area (Å²) in [6.45, 7) is 8.43. The van der Waals surface area contributed by atoms with Gasteiger partial charge in [-0.3, -0.25) is 4.99 Å². The fourth-order valence-corrected chi connectivity index (χ4v) is 3.76. The third kappa shape index (κ3) is 5.24. The van der Waals surface area contributed by atoms with Gasteiger partial charge in [-0.05, 0) is 55.8 Å². The zero-order valence-electron chi connectivity index (χ0n) is 18.5. The van der Waals surface area contributed by atoms with Crippen LogP contribution in [0.2, 0.25) is 0 Å². The standard InChI is InChI=1S/C24H27N3O3S/c1-16(2)14-25-24-27(26-17(3)18-7-9-19(28-4)10-8-18)22(15-31-24)21-12-11-20(29-5)13-23(21)30-6/h7-13,15H,1,14H2,2-6H3/b25-24?,26-17+. The van der Waals surface area contributed by atoms with E-state index in [0.717, 1.165) is 44.4 Å². The Kier molecular flexibility index (Phi) is 7.31. The van der Waals surface area contributed by atoms with E-state index >= 15 is 0 Å². The molecule has 3 aromatic rings. The Balaban J connectivity index is 2.16. The van der Waals surface area contributed by atoms with Crippen LogP contribution in [-0.2, 0) is 0 Å². The summed E-state index contributed by atoms with van der Waals surface area (Å²) < 4.78 is 18.1. The van der Waals surface area contributed by atoms with Gasteiger partial charge in [0.1, 0.15) is 17.2 Å². The first kappa shape index (κ1) is 22.4. The highest BCUT2D eigenvalue weighted by Gasteiger charge is 2.14. The molecule has 0 aliphatic rings. The smallest absolute Gasteiger partial charge is 0.206 e. The monoisotopic (exact) mass is 437 g/mol. The first-order chi connectivity index (χ1) is 15.0. The molecule has 0 fully saturated rings. The second-order valence-electron chi connectivity index (χ2n) is 6.97. The molecule has 31 heavy (non-hydrogen) atoms. The molecule has 0 aliphatic carbocycles. The van der Waals surface area contributed by atoms with Crippen LogP contribution in [0, 0.1) is 0 Å². The lowest BCUT2D eigenvalue weighted by Crippen LogP contribution is -2.15. The van der Waals surface area contributed by atoms with E-state index in [4.69, 9.17) is 24.3 Å². The van der Waals surface area contributed by atoms with Crippen LogP contribution < -0.4 is 19.0 Å². The predicted octanol–water partition coefficient (Wildman–Crippen LogP) is 4.99. The molecule has 0 atom stereocenters. The maximum Gasteiger partial charge on any atom is 0.206 e. The van der Waals surface area contributed by atoms with Gasteiger partial charge >= 0.3 is 0 Å². The molecule has 7 heteroatoms. The number of methoxy groups -OCH3 is 3. The molecule has 0 aliphatic heterocycles. The number of hydrogen-bond donors (Lipinski definition) is 0. The van der Waals surface area contributed by atoms with E-state index in [0.29, 0.717) is 12.3 Å². The van der Waals surface area contributed by atoms with Gasteiger partial charge in [-0.15, -0.1) is 11.3 Å². The summed E-state index contributed by atoms with van der Waals surface area (Å²) in [5.74, 6) is 2.24. The van der Waals surface area contributed by atoms with Crippen LogP contribution in [0.3, 0.4) is 0 Å². The molecule has 0 spiro atoms. The van der Waals surface area contributed by atoms with Crippen molar-refractivity contribution in [3.63, 3.8) is 0 Å². The second-order valence-corrected chi connectivity index (χ2v) is 7.81. The Hall–Kier alpha value is -3.32. The molecule has 0 saturated carbocycles. The molecule has 0 radical (unpaired) electrons. The van der Waals surface area contributed by atoms with E-state index in [1.54, 1.807) is 21.3 Å². The molecule has 162 valence electrons. The molecule has 0 N–H and O–H groups in total. The van der Waals surface area contributed by atoms with Crippen molar-refractivity contribution in [3.8, 4) is 28.5 Å². The fourth-order valence-electron chi connectivity index (χ4n) is 2.94. The van der Waals surface area contributed by atoms with E-state index in [2.05, 4.69) is 6.58 Å². The van der Waals surface area contributed by atoms with Crippen LogP contribution in [0.25, 0.3) is 11.3 Å². The highest BCUT2D eigenvalue weighted by molar-refractivity contribution is 7.07. The summed E-state index contributed by atoms with van der Waals surface area (Å²) in [6.07, 6.45) is 0. The zero-order chi connectivity index (χ0) is 22.4. The van der Waals surface area contributed by atoms with Gasteiger partial charge in [-0.25, -0.2) is 4.68 Å². The number of benzene rings is 2. The van der Waals surface area contributed by atoms with Crippen molar-refractivity contribution in [1.29, 1.82) is 0 Å². The minimum atomic E-state index is 0.538. The van der Waals surface area contributed by atoms with Crippen LogP contribution in [0.4, 0.5) is 0 Å². The maximum atomic E-state index is 5.62. The van der Waals surface area contributed by atoms with Crippen molar-refractivity contribution in [2.75, 3.05) is 27.9 Å². The summed E-state index contributed by atoms with van der Waals surface area (Å²) in [6, 6.07) is 13.6. The summed E-state index contributed by atoms with van der Waals surface area (Å²) in [5, 5.41) is 6.94. The van der Waals surface area contributed by atoms with E-state index < -0.39 is 0 Å². The fraction of sp³-hybridized carbons (Fsp3) is 0.250. The summed E-state index contributed by atoms with van der Waals surface area (Å²) in [7, 11) is 4.94. The Bertz CT molecular complexity index is 1160. The SMILES string of the molecule is C=C(C)CN=c1scc(-c2ccc(OC)cc2OC)n1/N=C(\C)c1ccc(OC)cc1. The highest BCUT2D eigenvalue weighted by Crippen LogP contribution is 2.33. The largest absolute Gasteiger partial charge is 0.497 e. The number of ether oxygens (including phenoxy) is 3. The van der Waals surface area contributed by atoms with Crippen LogP contribution in [0.5, 0.6) is 17.2 Å². The third-order valence-corrected chi connectivity index (χ3v) is 5.47. The maximum absolute atomic E-state index is 5.62. The predicted molar refractivity (Wildman–Crippen MR) is 127 cm³/mol. The average molecular weight is 438 g/mol. The van der Waals surface area contributed by atoms with Crippen LogP contribution >= 0.6 is 11.3 Å². The van der Waals surface area contributed by atoms with Crippen molar-refractivity contribution in [2.45, 2.75) is 13.8 Å². The molecule has 2 aromatic carbocycles. The zero-order valence-corrected chi connectivity index (χ0v) is 19.3. The van der Waals surface area contributed by atoms with Crippen LogP contribution in [0.15, 0.2) is 70.1 Å². The molecule has 0 saturated heterocycles. The minimum absolute atomic E-state index is 0.538. The molecule has 0 unspecified atom stereocenters. The van der Waals surface area contributed by atoms with E-state index in [-0.39, 0.29) is 0 Å². The lowest BCUT2D eigenvalue weighted by molar-refractivity contribution is 0.395. The van der Waals surface area contributed by atoms with Gasteiger partial charge in [0.15, 0.2) is 0 Å². The van der Waals surface area contributed by atoms with Gasteiger partial charge in [0.2, 0.25) is 4.80 Å². The quantitative estimate of drug-likeness (QED) is 0.368. The third-order valence-electron chi connectivity index (χ3n) is 4.61. The van der Waals surface area contributed by atoms with Gasteiger partial charge in [0.05, 0.1) is 39.3 Å². The lowest BCUT2D eigenvalue weighted by Gasteiger charge is -2.11. The van der Waals surface area contributed by atoms with Gasteiger partial charge in [0, 0.05) is 17.0 Å². The van der Waals surface area contributed by atoms with Crippen molar-refractivity contribution in [1.82, 2.24) is 4.68 Å². The molecule has 1 aromatic heterocycles. The average Bonchev–Trinajstić information content (AvgIpc) is 3.19. The van der Waals surface area contributed by atoms with Gasteiger partial charge in [-0.2, -0.15) is 5.10 Å². The molecule has 6 nitrogen and oxygen atoms in total. The van der Waals surface area contributed by atoms with Crippen molar-refractivity contribution >= 4 is 17.0 Å². The Morgan fingerprint density at radius 2 is 1.65 bits per heavy atom. The normalized spacial score (nSPS) is 12.0. The van der Waals surface area contributed by atoms with Crippen molar-refractivity contribution < 1.29 is 14.2 Å². The molecular formula is C24H27N3O3S. The number of hydrogen-bond acceptors (Lipinski definition) is 6. The summed E-state index contributed by atoms with van der Waals surface area (Å²) >= 11 is 1.53. The van der Waals surface area contributed by atoms with Crippen molar-refractivity contribution in [3.05, 3.63) is 70.4 Å². The molecule has 3 rings (SSSR count). The van der Waals surface area contributed by atoms with E-state index in [1.165, 1.54) is 11.3 Å². The summed E-state index contributed by atoms with van der Waals surface area (Å²) in [4.78, 5) is 5.49. The number of aromatic nitrogens is 1. The molecule has 1 heterocycles. The van der Waals surface area contributed by atoms with Crippen LogP contribution in [0.1, 0.15) is 19.4 Å². The van der Waals surface area contributed by atoms with Gasteiger partial charge in [0.25, 0.3) is 0 Å². The Labute approximate surface area is 186 Å². The van der Waals surface area contributed by atoms with E-state index in [9.17, 15) is 0 Å². The van der Waals surface area contributed by atoms with Gasteiger partial charge in [-0.1, -0.05) is 12.2 Å². The molecular weight excluding hydrogens is 410 g/mol. The first-order valence-electron chi connectivity index (χ1n) is 9.74. The Morgan fingerprint density at radius 1 is 0.968 bits per heavy atom. The first-order valence-corrected chi connectivity index (χ1v) is 10.6. The number of thiazole rings is 1. The highest BCUT2D eigenvalue weighted by atomic mass is 32.1. The van der Waals surface area contributed by atoms with Gasteiger partial charge < -0.3 is 14.2 Å². The van der Waals surface area contributed by atoms with E-state index in [1.807, 2.05) is 66.4 Å². The Morgan fingerprint density at radius 3 is 2.26 bits per heavy atom. The lowest BCUT2D eigenvalue weighted by atomic mass is 10.1.